The molecule has 2 aromatic carbocycles. The van der Waals surface area contributed by atoms with Crippen LogP contribution < -0.4 is 23.4 Å². The Morgan fingerprint density at radius 3 is 1.90 bits per heavy atom. The molecule has 108 valence electrons. The molecule has 0 saturated heterocycles. The van der Waals surface area contributed by atoms with Crippen molar-refractivity contribution in [2.45, 2.75) is 19.3 Å². The van der Waals surface area contributed by atoms with E-state index in [1.165, 1.54) is 5.56 Å². The van der Waals surface area contributed by atoms with Gasteiger partial charge in [0.05, 0.1) is 0 Å². The molecule has 0 bridgehead atoms. The molecule has 0 fully saturated rings. The summed E-state index contributed by atoms with van der Waals surface area (Å²) in [6, 6.07) is 16.8. The fourth-order valence-electron chi connectivity index (χ4n) is 2.09. The van der Waals surface area contributed by atoms with Gasteiger partial charge in [-0.2, -0.15) is 0 Å². The van der Waals surface area contributed by atoms with Crippen LogP contribution in [0.1, 0.15) is 26.4 Å². The summed E-state index contributed by atoms with van der Waals surface area (Å²) in [5, 5.41) is 0. The van der Waals surface area contributed by atoms with E-state index < -0.39 is 7.82 Å². The van der Waals surface area contributed by atoms with Crippen LogP contribution in [0.4, 0.5) is 0 Å². The van der Waals surface area contributed by atoms with Crippen LogP contribution in [0.25, 0.3) is 0 Å². The van der Waals surface area contributed by atoms with E-state index in [0.717, 1.165) is 5.56 Å². The Kier molecular flexibility index (Phi) is 5.87. The van der Waals surface area contributed by atoms with Gasteiger partial charge < -0.3 is 5.95 Å². The van der Waals surface area contributed by atoms with E-state index in [1.807, 2.05) is 30.3 Å². The maximum Gasteiger partial charge on any atom is 1.00 e. The van der Waals surface area contributed by atoms with Gasteiger partial charge in [-0.3, -0.25) is 9.79 Å². The Bertz CT molecular complexity index is 626. The van der Waals surface area contributed by atoms with Crippen molar-refractivity contribution in [3.8, 4) is 5.75 Å². The van der Waals surface area contributed by atoms with Gasteiger partial charge in [0, 0.05) is 5.41 Å². The molecular weight excluding hydrogens is 282 g/mol. The van der Waals surface area contributed by atoms with Crippen molar-refractivity contribution in [1.29, 1.82) is 0 Å². The minimum atomic E-state index is -4.50. The smallest absolute Gasteiger partial charge is 1.00 e. The van der Waals surface area contributed by atoms with Crippen molar-refractivity contribution in [2.75, 3.05) is 0 Å². The van der Waals surface area contributed by atoms with Gasteiger partial charge in [0.15, 0.2) is 0 Å². The fraction of sp³-hybridized carbons (Fsp3) is 0.200. The second kappa shape index (κ2) is 6.83. The van der Waals surface area contributed by atoms with E-state index in [0.29, 0.717) is 0 Å². The third kappa shape index (κ3) is 4.74. The Balaban J connectivity index is 0.00000220. The van der Waals surface area contributed by atoms with Crippen LogP contribution in [0, 0.1) is 0 Å². The zero-order chi connectivity index (χ0) is 14.8. The van der Waals surface area contributed by atoms with E-state index in [4.69, 9.17) is 9.79 Å². The SMILES string of the molecule is CC(C)(c1ccccc1)c1ccc(OP(=O)(O)O)cc1.[H-].[Li+]. The third-order valence-electron chi connectivity index (χ3n) is 3.30. The van der Waals surface area contributed by atoms with Crippen LogP contribution in [-0.4, -0.2) is 9.79 Å². The molecule has 0 unspecified atom stereocenters. The van der Waals surface area contributed by atoms with Gasteiger partial charge in [-0.05, 0) is 23.3 Å². The van der Waals surface area contributed by atoms with Crippen molar-refractivity contribution in [2.24, 2.45) is 0 Å². The first-order valence-electron chi connectivity index (χ1n) is 6.20. The van der Waals surface area contributed by atoms with Gasteiger partial charge in [0.2, 0.25) is 0 Å². The fourth-order valence-corrected chi connectivity index (χ4v) is 2.49. The molecule has 0 aromatic heterocycles. The zero-order valence-electron chi connectivity index (χ0n) is 13.4. The Labute approximate surface area is 138 Å². The van der Waals surface area contributed by atoms with Gasteiger partial charge in [-0.25, -0.2) is 4.57 Å². The molecule has 4 nitrogen and oxygen atoms in total. The summed E-state index contributed by atoms with van der Waals surface area (Å²) >= 11 is 0. The maximum atomic E-state index is 10.8. The molecule has 0 amide bonds. The van der Waals surface area contributed by atoms with Crippen molar-refractivity contribution < 1.29 is 39.2 Å². The maximum absolute atomic E-state index is 10.8. The first kappa shape index (κ1) is 18.0. The number of phosphoric acid groups is 1. The molecule has 2 rings (SSSR count). The molecule has 6 heteroatoms. The molecule has 0 aliphatic rings. The van der Waals surface area contributed by atoms with Crippen LogP contribution in [0.2, 0.25) is 0 Å². The molecular formula is C15H18LiO4P. The van der Waals surface area contributed by atoms with Crippen LogP contribution >= 0.6 is 7.82 Å². The normalized spacial score (nSPS) is 11.6. The number of hydrogen-bond acceptors (Lipinski definition) is 2. The van der Waals surface area contributed by atoms with E-state index in [-0.39, 0.29) is 31.5 Å². The van der Waals surface area contributed by atoms with Gasteiger partial charge in [0.1, 0.15) is 5.75 Å². The zero-order valence-corrected chi connectivity index (χ0v) is 13.2. The van der Waals surface area contributed by atoms with Crippen LogP contribution in [0.3, 0.4) is 0 Å². The summed E-state index contributed by atoms with van der Waals surface area (Å²) in [5.41, 5.74) is 2.02. The Morgan fingerprint density at radius 2 is 1.43 bits per heavy atom. The molecule has 0 aliphatic carbocycles. The summed E-state index contributed by atoms with van der Waals surface area (Å²) in [6.07, 6.45) is 0. The standard InChI is InChI=1S/C15H17O4P.Li.H/c1-15(2,12-6-4-3-5-7-12)13-8-10-14(11-9-13)19-20(16,17)18;;/h3-11H,1-2H3,(H2,16,17,18);;/q;+1;-1. The summed E-state index contributed by atoms with van der Waals surface area (Å²) in [7, 11) is -4.50. The number of rotatable bonds is 4. The summed E-state index contributed by atoms with van der Waals surface area (Å²) in [5.74, 6) is 0.158. The second-order valence-corrected chi connectivity index (χ2v) is 6.26. The van der Waals surface area contributed by atoms with E-state index in [9.17, 15) is 4.57 Å². The van der Waals surface area contributed by atoms with Crippen LogP contribution in [0.5, 0.6) is 5.75 Å². The van der Waals surface area contributed by atoms with Crippen molar-refractivity contribution >= 4 is 7.82 Å². The van der Waals surface area contributed by atoms with E-state index in [2.05, 4.69) is 30.5 Å². The monoisotopic (exact) mass is 300 g/mol. The van der Waals surface area contributed by atoms with Crippen molar-refractivity contribution in [3.63, 3.8) is 0 Å². The molecule has 0 saturated carbocycles. The average Bonchev–Trinajstić information content (AvgIpc) is 2.38. The molecule has 2 N–H and O–H groups in total. The van der Waals surface area contributed by atoms with Gasteiger partial charge in [0.25, 0.3) is 0 Å². The first-order valence-corrected chi connectivity index (χ1v) is 7.73. The summed E-state index contributed by atoms with van der Waals surface area (Å²) in [4.78, 5) is 17.5. The predicted molar refractivity (Wildman–Crippen MR) is 78.8 cm³/mol. The molecule has 21 heavy (non-hydrogen) atoms. The Hall–Kier alpha value is -1.01. The summed E-state index contributed by atoms with van der Waals surface area (Å²) < 4.78 is 15.3. The quantitative estimate of drug-likeness (QED) is 0.641. The predicted octanol–water partition coefficient (Wildman–Crippen LogP) is 0.601. The number of benzene rings is 2. The molecule has 2 aromatic rings. The Morgan fingerprint density at radius 1 is 0.952 bits per heavy atom. The van der Waals surface area contributed by atoms with Crippen molar-refractivity contribution in [3.05, 3.63) is 65.7 Å². The second-order valence-electron chi connectivity index (χ2n) is 5.10. The van der Waals surface area contributed by atoms with Crippen LogP contribution in [0.15, 0.2) is 54.6 Å². The molecule has 0 atom stereocenters. The minimum Gasteiger partial charge on any atom is -1.00 e. The summed E-state index contributed by atoms with van der Waals surface area (Å²) in [6.45, 7) is 4.20. The molecule has 0 aliphatic heterocycles. The average molecular weight is 300 g/mol. The molecule has 0 spiro atoms. The number of phosphoric ester groups is 1. The minimum absolute atomic E-state index is 0. The third-order valence-corrected chi connectivity index (χ3v) is 3.74. The van der Waals surface area contributed by atoms with Crippen LogP contribution in [-0.2, 0) is 9.98 Å². The van der Waals surface area contributed by atoms with Gasteiger partial charge >= 0.3 is 26.7 Å². The van der Waals surface area contributed by atoms with E-state index >= 15 is 0 Å². The number of hydrogen-bond donors (Lipinski definition) is 2. The molecule has 0 radical (unpaired) electrons. The molecule has 0 heterocycles. The largest absolute Gasteiger partial charge is 1.00 e. The van der Waals surface area contributed by atoms with Gasteiger partial charge in [-0.1, -0.05) is 56.3 Å². The first-order chi connectivity index (χ1) is 9.29. The topological polar surface area (TPSA) is 66.8 Å². The van der Waals surface area contributed by atoms with Gasteiger partial charge in [-0.15, -0.1) is 0 Å². The van der Waals surface area contributed by atoms with E-state index in [1.54, 1.807) is 12.1 Å². The van der Waals surface area contributed by atoms with Crippen molar-refractivity contribution in [1.82, 2.24) is 0 Å².